The fraction of sp³-hybridized carbons (Fsp3) is 0.333. The van der Waals surface area contributed by atoms with Crippen molar-refractivity contribution in [2.45, 2.75) is 6.42 Å². The summed E-state index contributed by atoms with van der Waals surface area (Å²) in [5.74, 6) is -0.370. The fourth-order valence-corrected chi connectivity index (χ4v) is 0.246. The van der Waals surface area contributed by atoms with E-state index in [-0.39, 0.29) is 12.3 Å². The first kappa shape index (κ1) is 5.56. The molecule has 0 aromatic carbocycles. The summed E-state index contributed by atoms with van der Waals surface area (Å²) in [4.78, 5) is 9.72. The van der Waals surface area contributed by atoms with Crippen LogP contribution in [0, 0.1) is 0 Å². The Hall–Kier alpha value is -0.440. The van der Waals surface area contributed by atoms with Crippen LogP contribution in [0.1, 0.15) is 6.42 Å². The van der Waals surface area contributed by atoms with E-state index in [1.807, 2.05) is 0 Å². The molecular formula is C3H5NOS. The van der Waals surface area contributed by atoms with Gasteiger partial charge in [0, 0.05) is 0 Å². The van der Waals surface area contributed by atoms with Crippen LogP contribution in [0.4, 0.5) is 0 Å². The molecule has 0 atom stereocenters. The smallest absolute Gasteiger partial charge is 0.222 e. The van der Waals surface area contributed by atoms with E-state index in [4.69, 9.17) is 0 Å². The largest absolute Gasteiger partial charge is 0.369 e. The van der Waals surface area contributed by atoms with E-state index in [9.17, 15) is 4.79 Å². The highest BCUT2D eigenvalue weighted by molar-refractivity contribution is 7.79. The minimum absolute atomic E-state index is 0.204. The molecule has 0 aromatic rings. The third-order valence-corrected chi connectivity index (χ3v) is 0.451. The van der Waals surface area contributed by atoms with Gasteiger partial charge in [0.2, 0.25) is 5.91 Å². The molecular weight excluding hydrogens is 98.1 g/mol. The maximum Gasteiger partial charge on any atom is 0.222 e. The standard InChI is InChI=1S/C3H5NOS/c4-3(5)1-2-6/h2H,1H2,(H2,4,5). The minimum Gasteiger partial charge on any atom is -0.369 e. The molecule has 2 nitrogen and oxygen atoms in total. The highest BCUT2D eigenvalue weighted by Gasteiger charge is 1.82. The third kappa shape index (κ3) is 3.56. The van der Waals surface area contributed by atoms with Crippen molar-refractivity contribution in [1.29, 1.82) is 0 Å². The summed E-state index contributed by atoms with van der Waals surface area (Å²) >= 11 is 4.30. The molecule has 3 heteroatoms. The SMILES string of the molecule is NC(=O)CC=S. The van der Waals surface area contributed by atoms with Gasteiger partial charge in [-0.25, -0.2) is 0 Å². The van der Waals surface area contributed by atoms with E-state index in [0.29, 0.717) is 0 Å². The molecule has 0 bridgehead atoms. The number of thiocarbonyl (C=S) groups is 1. The average Bonchev–Trinajstić information content (AvgIpc) is 1.35. The van der Waals surface area contributed by atoms with Gasteiger partial charge < -0.3 is 5.73 Å². The number of primary amides is 1. The first-order valence-corrected chi connectivity index (χ1v) is 1.96. The minimum atomic E-state index is -0.370. The van der Waals surface area contributed by atoms with Crippen molar-refractivity contribution < 1.29 is 4.79 Å². The number of hydrogen-bond donors (Lipinski definition) is 1. The summed E-state index contributed by atoms with van der Waals surface area (Å²) in [6.07, 6.45) is 0.204. The number of carbonyl (C=O) groups is 1. The molecule has 0 saturated carbocycles. The van der Waals surface area contributed by atoms with Crippen LogP contribution in [0.3, 0.4) is 0 Å². The molecule has 0 rings (SSSR count). The zero-order valence-corrected chi connectivity index (χ0v) is 3.99. The Morgan fingerprint density at radius 1 is 2.00 bits per heavy atom. The summed E-state index contributed by atoms with van der Waals surface area (Å²) in [7, 11) is 0. The Bertz CT molecular complexity index is 71.2. The second-order valence-electron chi connectivity index (χ2n) is 0.837. The van der Waals surface area contributed by atoms with Gasteiger partial charge in [0.05, 0.1) is 6.42 Å². The molecule has 0 saturated heterocycles. The summed E-state index contributed by atoms with van der Waals surface area (Å²) in [5.41, 5.74) is 4.67. The van der Waals surface area contributed by atoms with E-state index < -0.39 is 0 Å². The molecule has 0 heterocycles. The van der Waals surface area contributed by atoms with Crippen LogP contribution in [0.15, 0.2) is 0 Å². The van der Waals surface area contributed by atoms with Gasteiger partial charge >= 0.3 is 0 Å². The molecule has 0 aromatic heterocycles. The Kier molecular flexibility index (Phi) is 2.58. The lowest BCUT2D eigenvalue weighted by Gasteiger charge is -1.75. The van der Waals surface area contributed by atoms with E-state index in [1.54, 1.807) is 0 Å². The highest BCUT2D eigenvalue weighted by Crippen LogP contribution is 1.64. The van der Waals surface area contributed by atoms with Crippen molar-refractivity contribution in [3.05, 3.63) is 0 Å². The van der Waals surface area contributed by atoms with Crippen LogP contribution in [0.25, 0.3) is 0 Å². The van der Waals surface area contributed by atoms with E-state index in [1.165, 1.54) is 5.37 Å². The van der Waals surface area contributed by atoms with Crippen molar-refractivity contribution in [2.75, 3.05) is 0 Å². The number of amides is 1. The van der Waals surface area contributed by atoms with Crippen molar-refractivity contribution in [1.82, 2.24) is 0 Å². The molecule has 0 aliphatic rings. The number of nitrogens with two attached hydrogens (primary N) is 1. The highest BCUT2D eigenvalue weighted by atomic mass is 32.1. The van der Waals surface area contributed by atoms with Gasteiger partial charge in [0.1, 0.15) is 0 Å². The van der Waals surface area contributed by atoms with Gasteiger partial charge in [-0.15, -0.1) is 0 Å². The number of carbonyl (C=O) groups excluding carboxylic acids is 1. The lowest BCUT2D eigenvalue weighted by Crippen LogP contribution is -2.09. The van der Waals surface area contributed by atoms with E-state index in [0.717, 1.165) is 0 Å². The number of hydrogen-bond acceptors (Lipinski definition) is 2. The molecule has 1 amide bonds. The zero-order valence-electron chi connectivity index (χ0n) is 3.18. The summed E-state index contributed by atoms with van der Waals surface area (Å²) in [5, 5.41) is 1.31. The molecule has 0 aliphatic heterocycles. The molecule has 0 unspecified atom stereocenters. The van der Waals surface area contributed by atoms with Crippen LogP contribution in [-0.4, -0.2) is 11.3 Å². The Labute approximate surface area is 41.3 Å². The fourth-order valence-electron chi connectivity index (χ4n) is 0.0821. The van der Waals surface area contributed by atoms with Crippen molar-refractivity contribution in [3.63, 3.8) is 0 Å². The van der Waals surface area contributed by atoms with Crippen LogP contribution in [0.5, 0.6) is 0 Å². The lowest BCUT2D eigenvalue weighted by molar-refractivity contribution is -0.116. The first-order valence-electron chi connectivity index (χ1n) is 1.49. The van der Waals surface area contributed by atoms with Gasteiger partial charge in [-0.3, -0.25) is 4.79 Å². The van der Waals surface area contributed by atoms with Crippen LogP contribution >= 0.6 is 12.2 Å². The van der Waals surface area contributed by atoms with Gasteiger partial charge in [-0.2, -0.15) is 0 Å². The maximum absolute atomic E-state index is 9.72. The number of rotatable bonds is 2. The van der Waals surface area contributed by atoms with Gasteiger partial charge in [-0.05, 0) is 5.37 Å². The molecule has 0 spiro atoms. The van der Waals surface area contributed by atoms with Crippen LogP contribution in [-0.2, 0) is 4.79 Å². The molecule has 0 fully saturated rings. The van der Waals surface area contributed by atoms with Crippen molar-refractivity contribution >= 4 is 23.5 Å². The maximum atomic E-state index is 9.72. The first-order chi connectivity index (χ1) is 2.77. The van der Waals surface area contributed by atoms with E-state index in [2.05, 4.69) is 18.0 Å². The third-order valence-electron chi connectivity index (χ3n) is 0.285. The van der Waals surface area contributed by atoms with Crippen molar-refractivity contribution in [3.8, 4) is 0 Å². The second kappa shape index (κ2) is 2.78. The zero-order chi connectivity index (χ0) is 4.99. The van der Waals surface area contributed by atoms with Gasteiger partial charge in [-0.1, -0.05) is 12.2 Å². The predicted octanol–water partition coefficient (Wildman–Crippen LogP) is -0.139. The Morgan fingerprint density at radius 2 is 2.50 bits per heavy atom. The molecule has 2 N–H and O–H groups in total. The van der Waals surface area contributed by atoms with Gasteiger partial charge in [0.15, 0.2) is 0 Å². The summed E-state index contributed by atoms with van der Waals surface area (Å²) < 4.78 is 0. The van der Waals surface area contributed by atoms with Crippen molar-refractivity contribution in [2.24, 2.45) is 5.73 Å². The van der Waals surface area contributed by atoms with Gasteiger partial charge in [0.25, 0.3) is 0 Å². The quantitative estimate of drug-likeness (QED) is 0.494. The normalized spacial score (nSPS) is 7.33. The lowest BCUT2D eigenvalue weighted by atomic mass is 10.5. The average molecular weight is 103 g/mol. The van der Waals surface area contributed by atoms with Crippen LogP contribution < -0.4 is 5.73 Å². The van der Waals surface area contributed by atoms with E-state index >= 15 is 0 Å². The summed E-state index contributed by atoms with van der Waals surface area (Å²) in [6, 6.07) is 0. The molecule has 0 radical (unpaired) electrons. The topological polar surface area (TPSA) is 43.1 Å². The monoisotopic (exact) mass is 103 g/mol. The van der Waals surface area contributed by atoms with Crippen LogP contribution in [0.2, 0.25) is 0 Å². The predicted molar refractivity (Wildman–Crippen MR) is 27.5 cm³/mol. The Morgan fingerprint density at radius 3 is 2.50 bits per heavy atom. The summed E-state index contributed by atoms with van der Waals surface area (Å²) in [6.45, 7) is 0. The molecule has 34 valence electrons. The Balaban J connectivity index is 3.05. The molecule has 6 heavy (non-hydrogen) atoms. The second-order valence-corrected chi connectivity index (χ2v) is 1.17. The molecule has 0 aliphatic carbocycles.